The molecule has 2 atom stereocenters. The Bertz CT molecular complexity index is 315. The van der Waals surface area contributed by atoms with E-state index in [1.54, 1.807) is 0 Å². The summed E-state index contributed by atoms with van der Waals surface area (Å²) in [6.07, 6.45) is -0.821. The standard InChI is InChI=1S/C10H14FNO2/c1-6(14)10(12)8-4-7(5-13)2-3-9(8)11/h2-4,6,10,13-14H,5,12H2,1H3/t6-,10-/m0/s1. The minimum Gasteiger partial charge on any atom is -0.392 e. The van der Waals surface area contributed by atoms with E-state index in [4.69, 9.17) is 10.8 Å². The molecule has 0 saturated carbocycles. The second-order valence-corrected chi connectivity index (χ2v) is 3.28. The summed E-state index contributed by atoms with van der Waals surface area (Å²) < 4.78 is 13.2. The zero-order valence-electron chi connectivity index (χ0n) is 7.94. The van der Waals surface area contributed by atoms with Gasteiger partial charge in [-0.1, -0.05) is 6.07 Å². The minimum absolute atomic E-state index is 0.167. The largest absolute Gasteiger partial charge is 0.392 e. The molecular formula is C10H14FNO2. The Hall–Kier alpha value is -0.970. The number of halogens is 1. The summed E-state index contributed by atoms with van der Waals surface area (Å²) in [6, 6.07) is 3.42. The SMILES string of the molecule is C[C@H](O)[C@H](N)c1cc(CO)ccc1F. The number of aliphatic hydroxyl groups is 2. The predicted octanol–water partition coefficient (Wildman–Crippen LogP) is 0.699. The predicted molar refractivity (Wildman–Crippen MR) is 50.9 cm³/mol. The molecule has 14 heavy (non-hydrogen) atoms. The topological polar surface area (TPSA) is 66.5 Å². The van der Waals surface area contributed by atoms with Crippen molar-refractivity contribution in [1.29, 1.82) is 0 Å². The van der Waals surface area contributed by atoms with Crippen LogP contribution in [0.5, 0.6) is 0 Å². The fourth-order valence-corrected chi connectivity index (χ4v) is 1.21. The van der Waals surface area contributed by atoms with Gasteiger partial charge in [0.25, 0.3) is 0 Å². The molecule has 0 fully saturated rings. The highest BCUT2D eigenvalue weighted by Crippen LogP contribution is 2.19. The molecule has 0 aliphatic carbocycles. The summed E-state index contributed by atoms with van der Waals surface area (Å²) in [5.41, 5.74) is 6.40. The highest BCUT2D eigenvalue weighted by atomic mass is 19.1. The molecule has 0 radical (unpaired) electrons. The number of benzene rings is 1. The first-order chi connectivity index (χ1) is 6.56. The number of rotatable bonds is 3. The summed E-state index contributed by atoms with van der Waals surface area (Å²) in [5, 5.41) is 18.1. The smallest absolute Gasteiger partial charge is 0.128 e. The van der Waals surface area contributed by atoms with Gasteiger partial charge in [0.15, 0.2) is 0 Å². The number of nitrogens with two attached hydrogens (primary N) is 1. The maximum atomic E-state index is 13.2. The Morgan fingerprint density at radius 1 is 1.50 bits per heavy atom. The molecule has 0 bridgehead atoms. The molecule has 0 aromatic heterocycles. The summed E-state index contributed by atoms with van der Waals surface area (Å²) in [5.74, 6) is -0.462. The van der Waals surface area contributed by atoms with E-state index in [9.17, 15) is 9.50 Å². The van der Waals surface area contributed by atoms with E-state index in [2.05, 4.69) is 0 Å². The van der Waals surface area contributed by atoms with Crippen LogP contribution in [0.25, 0.3) is 0 Å². The van der Waals surface area contributed by atoms with Crippen LogP contribution < -0.4 is 5.73 Å². The van der Waals surface area contributed by atoms with E-state index in [0.29, 0.717) is 5.56 Å². The average Bonchev–Trinajstić information content (AvgIpc) is 2.17. The first kappa shape index (κ1) is 11.1. The molecule has 0 saturated heterocycles. The van der Waals surface area contributed by atoms with Crippen LogP contribution in [0.1, 0.15) is 24.1 Å². The van der Waals surface area contributed by atoms with Crippen molar-refractivity contribution in [2.75, 3.05) is 0 Å². The van der Waals surface area contributed by atoms with E-state index in [1.807, 2.05) is 0 Å². The molecule has 78 valence electrons. The molecule has 4 N–H and O–H groups in total. The summed E-state index contributed by atoms with van der Waals surface area (Å²) in [6.45, 7) is 1.33. The van der Waals surface area contributed by atoms with Gasteiger partial charge in [0.1, 0.15) is 5.82 Å². The molecule has 0 spiro atoms. The third-order valence-electron chi connectivity index (χ3n) is 2.12. The van der Waals surface area contributed by atoms with Gasteiger partial charge in [0.05, 0.1) is 18.8 Å². The molecule has 4 heteroatoms. The van der Waals surface area contributed by atoms with Crippen LogP contribution in [0.3, 0.4) is 0 Å². The Morgan fingerprint density at radius 2 is 2.14 bits per heavy atom. The van der Waals surface area contributed by atoms with Crippen LogP contribution in [0.15, 0.2) is 18.2 Å². The Morgan fingerprint density at radius 3 is 2.64 bits per heavy atom. The van der Waals surface area contributed by atoms with E-state index >= 15 is 0 Å². The van der Waals surface area contributed by atoms with Crippen molar-refractivity contribution in [2.24, 2.45) is 5.73 Å². The van der Waals surface area contributed by atoms with Crippen molar-refractivity contribution in [2.45, 2.75) is 25.7 Å². The normalized spacial score (nSPS) is 15.2. The molecule has 1 rings (SSSR count). The van der Waals surface area contributed by atoms with E-state index in [-0.39, 0.29) is 12.2 Å². The lowest BCUT2D eigenvalue weighted by Gasteiger charge is -2.16. The molecule has 0 amide bonds. The van der Waals surface area contributed by atoms with Gasteiger partial charge in [-0.25, -0.2) is 4.39 Å². The van der Waals surface area contributed by atoms with Gasteiger partial charge in [0.2, 0.25) is 0 Å². The summed E-state index contributed by atoms with van der Waals surface area (Å²) in [7, 11) is 0. The average molecular weight is 199 g/mol. The second-order valence-electron chi connectivity index (χ2n) is 3.28. The highest BCUT2D eigenvalue weighted by Gasteiger charge is 2.16. The number of hydrogen-bond donors (Lipinski definition) is 3. The van der Waals surface area contributed by atoms with E-state index < -0.39 is 18.0 Å². The molecule has 0 unspecified atom stereocenters. The zero-order valence-corrected chi connectivity index (χ0v) is 7.94. The molecule has 0 aliphatic heterocycles. The summed E-state index contributed by atoms with van der Waals surface area (Å²) >= 11 is 0. The van der Waals surface area contributed by atoms with Crippen molar-refractivity contribution < 1.29 is 14.6 Å². The van der Waals surface area contributed by atoms with Gasteiger partial charge in [-0.05, 0) is 24.6 Å². The van der Waals surface area contributed by atoms with Gasteiger partial charge in [-0.2, -0.15) is 0 Å². The zero-order chi connectivity index (χ0) is 10.7. The van der Waals surface area contributed by atoms with Gasteiger partial charge < -0.3 is 15.9 Å². The fourth-order valence-electron chi connectivity index (χ4n) is 1.21. The highest BCUT2D eigenvalue weighted by molar-refractivity contribution is 5.27. The lowest BCUT2D eigenvalue weighted by atomic mass is 10.0. The van der Waals surface area contributed by atoms with Crippen LogP contribution >= 0.6 is 0 Å². The maximum absolute atomic E-state index is 13.2. The second kappa shape index (κ2) is 4.50. The Labute approximate surface area is 82.0 Å². The van der Waals surface area contributed by atoms with Gasteiger partial charge >= 0.3 is 0 Å². The van der Waals surface area contributed by atoms with Crippen molar-refractivity contribution in [3.8, 4) is 0 Å². The number of hydrogen-bond acceptors (Lipinski definition) is 3. The first-order valence-electron chi connectivity index (χ1n) is 4.39. The third kappa shape index (κ3) is 2.29. The van der Waals surface area contributed by atoms with Crippen molar-refractivity contribution in [3.05, 3.63) is 35.1 Å². The molecule has 1 aromatic rings. The van der Waals surface area contributed by atoms with Gasteiger partial charge in [0, 0.05) is 5.56 Å². The molecule has 3 nitrogen and oxygen atoms in total. The monoisotopic (exact) mass is 199 g/mol. The third-order valence-corrected chi connectivity index (χ3v) is 2.12. The Kier molecular flexibility index (Phi) is 3.57. The first-order valence-corrected chi connectivity index (χ1v) is 4.39. The van der Waals surface area contributed by atoms with Gasteiger partial charge in [-0.3, -0.25) is 0 Å². The van der Waals surface area contributed by atoms with Crippen LogP contribution in [-0.4, -0.2) is 16.3 Å². The van der Waals surface area contributed by atoms with Crippen molar-refractivity contribution in [3.63, 3.8) is 0 Å². The van der Waals surface area contributed by atoms with Crippen LogP contribution in [-0.2, 0) is 6.61 Å². The van der Waals surface area contributed by atoms with Crippen LogP contribution in [0.4, 0.5) is 4.39 Å². The lowest BCUT2D eigenvalue weighted by Crippen LogP contribution is -2.24. The van der Waals surface area contributed by atoms with Crippen molar-refractivity contribution in [1.82, 2.24) is 0 Å². The molecule has 1 aromatic carbocycles. The fraction of sp³-hybridized carbons (Fsp3) is 0.400. The quantitative estimate of drug-likeness (QED) is 0.671. The number of aliphatic hydroxyl groups excluding tert-OH is 2. The summed E-state index contributed by atoms with van der Waals surface area (Å²) in [4.78, 5) is 0. The Balaban J connectivity index is 3.05. The minimum atomic E-state index is -0.821. The molecule has 0 heterocycles. The lowest BCUT2D eigenvalue weighted by molar-refractivity contribution is 0.162. The van der Waals surface area contributed by atoms with Crippen LogP contribution in [0.2, 0.25) is 0 Å². The molecule has 0 aliphatic rings. The van der Waals surface area contributed by atoms with Crippen LogP contribution in [0, 0.1) is 5.82 Å². The molecular weight excluding hydrogens is 185 g/mol. The maximum Gasteiger partial charge on any atom is 0.128 e. The van der Waals surface area contributed by atoms with Crippen molar-refractivity contribution >= 4 is 0 Å². The van der Waals surface area contributed by atoms with E-state index in [0.717, 1.165) is 0 Å². The van der Waals surface area contributed by atoms with Gasteiger partial charge in [-0.15, -0.1) is 0 Å². The van der Waals surface area contributed by atoms with E-state index in [1.165, 1.54) is 25.1 Å².